The van der Waals surface area contributed by atoms with Gasteiger partial charge in [-0.1, -0.05) is 13.0 Å². The second-order valence-electron chi connectivity index (χ2n) is 6.00. The number of hydrogen-bond acceptors (Lipinski definition) is 2. The maximum Gasteiger partial charge on any atom is 0.335 e. The summed E-state index contributed by atoms with van der Waals surface area (Å²) in [5.41, 5.74) is 2.05. The number of aromatic carboxylic acids is 1. The minimum Gasteiger partial charge on any atom is -0.478 e. The van der Waals surface area contributed by atoms with Crippen molar-refractivity contribution in [3.63, 3.8) is 0 Å². The molecule has 0 spiro atoms. The van der Waals surface area contributed by atoms with E-state index in [4.69, 9.17) is 5.11 Å². The Kier molecular flexibility index (Phi) is 3.57. The summed E-state index contributed by atoms with van der Waals surface area (Å²) in [7, 11) is 0. The molecule has 1 aromatic carbocycles. The van der Waals surface area contributed by atoms with Crippen molar-refractivity contribution in [1.82, 2.24) is 4.90 Å². The van der Waals surface area contributed by atoms with Crippen LogP contribution in [0.15, 0.2) is 18.2 Å². The van der Waals surface area contributed by atoms with Gasteiger partial charge < -0.3 is 10.0 Å². The van der Waals surface area contributed by atoms with Crippen LogP contribution in [0.4, 0.5) is 10.5 Å². The maximum absolute atomic E-state index is 12.7. The van der Waals surface area contributed by atoms with Crippen LogP contribution in [-0.4, -0.2) is 41.6 Å². The highest BCUT2D eigenvalue weighted by Gasteiger charge is 2.30. The third-order valence-corrected chi connectivity index (χ3v) is 4.51. The van der Waals surface area contributed by atoms with Gasteiger partial charge in [0.2, 0.25) is 0 Å². The number of anilines is 1. The highest BCUT2D eigenvalue weighted by atomic mass is 16.4. The molecule has 5 heteroatoms. The van der Waals surface area contributed by atoms with Crippen LogP contribution in [0.5, 0.6) is 0 Å². The molecule has 0 radical (unpaired) electrons. The molecule has 2 amide bonds. The normalized spacial score (nSPS) is 18.7. The van der Waals surface area contributed by atoms with Gasteiger partial charge >= 0.3 is 12.0 Å². The van der Waals surface area contributed by atoms with E-state index in [0.29, 0.717) is 12.5 Å². The number of hydrogen-bond donors (Lipinski definition) is 1. The van der Waals surface area contributed by atoms with Crippen LogP contribution in [0.2, 0.25) is 0 Å². The van der Waals surface area contributed by atoms with Gasteiger partial charge in [-0.15, -0.1) is 0 Å². The minimum absolute atomic E-state index is 0.0168. The van der Waals surface area contributed by atoms with E-state index < -0.39 is 5.97 Å². The van der Waals surface area contributed by atoms with E-state index in [-0.39, 0.29) is 11.6 Å². The number of amides is 2. The molecule has 21 heavy (non-hydrogen) atoms. The summed E-state index contributed by atoms with van der Waals surface area (Å²) in [6.07, 6.45) is 2.88. The third-order valence-electron chi connectivity index (χ3n) is 4.51. The lowest BCUT2D eigenvalue weighted by Gasteiger charge is -2.33. The van der Waals surface area contributed by atoms with E-state index in [9.17, 15) is 9.59 Å². The Morgan fingerprint density at radius 1 is 1.19 bits per heavy atom. The molecule has 0 atom stereocenters. The first-order chi connectivity index (χ1) is 10.1. The molecule has 2 heterocycles. The molecule has 1 aromatic rings. The number of urea groups is 1. The molecule has 112 valence electrons. The van der Waals surface area contributed by atoms with Gasteiger partial charge in [-0.3, -0.25) is 4.90 Å². The van der Waals surface area contributed by atoms with Crippen molar-refractivity contribution in [1.29, 1.82) is 0 Å². The fraction of sp³-hybridized carbons (Fsp3) is 0.500. The van der Waals surface area contributed by atoms with E-state index >= 15 is 0 Å². The smallest absolute Gasteiger partial charge is 0.335 e. The average molecular weight is 288 g/mol. The minimum atomic E-state index is -0.955. The van der Waals surface area contributed by atoms with Crippen LogP contribution in [-0.2, 0) is 6.42 Å². The summed E-state index contributed by atoms with van der Waals surface area (Å²) in [5, 5.41) is 9.10. The molecule has 2 aliphatic heterocycles. The number of benzene rings is 1. The van der Waals surface area contributed by atoms with Crippen LogP contribution in [0.3, 0.4) is 0 Å². The lowest BCUT2D eigenvalue weighted by molar-refractivity contribution is 0.0697. The Morgan fingerprint density at radius 2 is 1.90 bits per heavy atom. The summed E-state index contributed by atoms with van der Waals surface area (Å²) in [5.74, 6) is -0.276. The number of carboxylic acid groups (broad SMARTS) is 1. The molecule has 1 fully saturated rings. The lowest BCUT2D eigenvalue weighted by atomic mass is 9.99. The Morgan fingerprint density at radius 3 is 2.57 bits per heavy atom. The lowest BCUT2D eigenvalue weighted by Crippen LogP contribution is -2.46. The van der Waals surface area contributed by atoms with Crippen molar-refractivity contribution in [3.05, 3.63) is 29.3 Å². The second kappa shape index (κ2) is 5.39. The summed E-state index contributed by atoms with van der Waals surface area (Å²) >= 11 is 0. The highest BCUT2D eigenvalue weighted by Crippen LogP contribution is 2.31. The molecule has 2 aliphatic rings. The van der Waals surface area contributed by atoms with Gasteiger partial charge in [0.1, 0.15) is 0 Å². The molecule has 0 aliphatic carbocycles. The zero-order valence-corrected chi connectivity index (χ0v) is 12.2. The molecule has 0 aromatic heterocycles. The zero-order chi connectivity index (χ0) is 15.0. The van der Waals surface area contributed by atoms with E-state index in [2.05, 4.69) is 6.92 Å². The fourth-order valence-electron chi connectivity index (χ4n) is 3.08. The Hall–Kier alpha value is -2.04. The molecule has 5 nitrogen and oxygen atoms in total. The molecule has 3 rings (SSSR count). The molecule has 0 bridgehead atoms. The average Bonchev–Trinajstić information content (AvgIpc) is 2.90. The maximum atomic E-state index is 12.7. The Labute approximate surface area is 124 Å². The number of likely N-dealkylation sites (tertiary alicyclic amines) is 1. The molecule has 0 saturated carbocycles. The van der Waals surface area contributed by atoms with Gasteiger partial charge in [0.15, 0.2) is 0 Å². The van der Waals surface area contributed by atoms with Gasteiger partial charge in [-0.25, -0.2) is 9.59 Å². The first-order valence-electron chi connectivity index (χ1n) is 7.49. The van der Waals surface area contributed by atoms with E-state index in [1.165, 1.54) is 0 Å². The number of nitrogens with zero attached hydrogens (tertiary/aromatic N) is 2. The topological polar surface area (TPSA) is 60.9 Å². The predicted octanol–water partition coefficient (Wildman–Crippen LogP) is 2.60. The van der Waals surface area contributed by atoms with Crippen molar-refractivity contribution in [2.75, 3.05) is 24.5 Å². The van der Waals surface area contributed by atoms with Gasteiger partial charge in [0, 0.05) is 25.3 Å². The molecular formula is C16H20N2O3. The van der Waals surface area contributed by atoms with Gasteiger partial charge in [-0.2, -0.15) is 0 Å². The quantitative estimate of drug-likeness (QED) is 0.864. The number of carbonyl (C=O) groups is 2. The van der Waals surface area contributed by atoms with Crippen molar-refractivity contribution in [2.24, 2.45) is 5.92 Å². The molecular weight excluding hydrogens is 268 g/mol. The summed E-state index contributed by atoms with van der Waals surface area (Å²) in [4.78, 5) is 27.4. The van der Waals surface area contributed by atoms with E-state index in [0.717, 1.165) is 43.6 Å². The number of carbonyl (C=O) groups excluding carboxylic acids is 1. The van der Waals surface area contributed by atoms with Crippen molar-refractivity contribution in [3.8, 4) is 0 Å². The predicted molar refractivity (Wildman–Crippen MR) is 79.8 cm³/mol. The van der Waals surface area contributed by atoms with E-state index in [1.54, 1.807) is 17.0 Å². The Bertz CT molecular complexity index is 577. The van der Waals surface area contributed by atoms with Crippen LogP contribution in [0.1, 0.15) is 35.7 Å². The largest absolute Gasteiger partial charge is 0.478 e. The SMILES string of the molecule is CC1CCN(C(=O)N2CCc3ccc(C(=O)O)cc32)CC1. The summed E-state index contributed by atoms with van der Waals surface area (Å²) in [6.45, 7) is 4.45. The first kappa shape index (κ1) is 13.9. The zero-order valence-electron chi connectivity index (χ0n) is 12.2. The number of rotatable bonds is 1. The van der Waals surface area contributed by atoms with Crippen molar-refractivity contribution < 1.29 is 14.7 Å². The molecule has 1 saturated heterocycles. The third kappa shape index (κ3) is 2.60. The second-order valence-corrected chi connectivity index (χ2v) is 6.00. The van der Waals surface area contributed by atoms with Gasteiger partial charge in [0.25, 0.3) is 0 Å². The van der Waals surface area contributed by atoms with Crippen molar-refractivity contribution in [2.45, 2.75) is 26.2 Å². The number of fused-ring (bicyclic) bond motifs is 1. The standard InChI is InChI=1S/C16H20N2O3/c1-11-4-7-17(8-5-11)16(21)18-9-6-12-2-3-13(15(19)20)10-14(12)18/h2-3,10-11H,4-9H2,1H3,(H,19,20). The van der Waals surface area contributed by atoms with Gasteiger partial charge in [0.05, 0.1) is 5.56 Å². The molecule has 0 unspecified atom stereocenters. The number of carboxylic acids is 1. The van der Waals surface area contributed by atoms with Crippen LogP contribution in [0.25, 0.3) is 0 Å². The van der Waals surface area contributed by atoms with Crippen molar-refractivity contribution >= 4 is 17.7 Å². The summed E-state index contributed by atoms with van der Waals surface area (Å²) in [6, 6.07) is 5.07. The summed E-state index contributed by atoms with van der Waals surface area (Å²) < 4.78 is 0. The number of piperidine rings is 1. The van der Waals surface area contributed by atoms with E-state index in [1.807, 2.05) is 11.0 Å². The monoisotopic (exact) mass is 288 g/mol. The molecule has 1 N–H and O–H groups in total. The fourth-order valence-corrected chi connectivity index (χ4v) is 3.08. The van der Waals surface area contributed by atoms with Crippen LogP contribution in [0, 0.1) is 5.92 Å². The highest BCUT2D eigenvalue weighted by molar-refractivity contribution is 5.97. The van der Waals surface area contributed by atoms with Crippen LogP contribution >= 0.6 is 0 Å². The van der Waals surface area contributed by atoms with Crippen LogP contribution < -0.4 is 4.90 Å². The Balaban J connectivity index is 1.81. The van der Waals surface area contributed by atoms with Gasteiger partial charge in [-0.05, 0) is 42.9 Å². The first-order valence-corrected chi connectivity index (χ1v) is 7.49.